The summed E-state index contributed by atoms with van der Waals surface area (Å²) in [5.74, 6) is -0.299. The lowest BCUT2D eigenvalue weighted by atomic mass is 10.2. The molecule has 0 bridgehead atoms. The van der Waals surface area contributed by atoms with Gasteiger partial charge in [0.2, 0.25) is 0 Å². The van der Waals surface area contributed by atoms with E-state index in [9.17, 15) is 10.2 Å². The van der Waals surface area contributed by atoms with Gasteiger partial charge in [0.1, 0.15) is 5.51 Å². The molecule has 1 aromatic heterocycles. The Balaban J connectivity index is 2.59. The molecule has 1 aromatic carbocycles. The van der Waals surface area contributed by atoms with Crippen LogP contribution in [0.25, 0.3) is 10.6 Å². The second-order valence-corrected chi connectivity index (χ2v) is 3.25. The molecule has 0 unspecified atom stereocenters. The summed E-state index contributed by atoms with van der Waals surface area (Å²) in [5.41, 5.74) is 2.07. The molecular formula is C8H6N2O2S. The van der Waals surface area contributed by atoms with Crippen molar-refractivity contribution in [3.63, 3.8) is 0 Å². The zero-order valence-electron chi connectivity index (χ0n) is 6.51. The molecule has 0 amide bonds. The molecule has 4 nitrogen and oxygen atoms in total. The van der Waals surface area contributed by atoms with Gasteiger partial charge < -0.3 is 10.2 Å². The van der Waals surface area contributed by atoms with Crippen molar-refractivity contribution in [2.45, 2.75) is 0 Å². The van der Waals surface area contributed by atoms with Crippen LogP contribution in [0.5, 0.6) is 11.5 Å². The summed E-state index contributed by atoms with van der Waals surface area (Å²) in [5, 5.41) is 26.7. The van der Waals surface area contributed by atoms with Crippen molar-refractivity contribution in [3.8, 4) is 22.1 Å². The van der Waals surface area contributed by atoms with E-state index in [-0.39, 0.29) is 11.5 Å². The predicted octanol–water partition coefficient (Wildman–Crippen LogP) is 1.62. The number of nitrogens with zero attached hydrogens (tertiary/aromatic N) is 2. The fraction of sp³-hybridized carbons (Fsp3) is 0. The Labute approximate surface area is 78.1 Å². The molecule has 2 N–H and O–H groups in total. The maximum atomic E-state index is 9.46. The minimum atomic E-state index is -0.153. The number of phenols is 2. The Kier molecular flexibility index (Phi) is 1.86. The Morgan fingerprint density at radius 1 is 1.23 bits per heavy atom. The maximum Gasteiger partial charge on any atom is 0.167 e. The van der Waals surface area contributed by atoms with Gasteiger partial charge in [-0.05, 0) is 12.1 Å². The largest absolute Gasteiger partial charge is 0.504 e. The van der Waals surface area contributed by atoms with Crippen LogP contribution < -0.4 is 0 Å². The normalized spacial score (nSPS) is 10.2. The quantitative estimate of drug-likeness (QED) is 0.677. The van der Waals surface area contributed by atoms with E-state index in [1.165, 1.54) is 17.4 Å². The molecule has 13 heavy (non-hydrogen) atoms. The van der Waals surface area contributed by atoms with Crippen LogP contribution >= 0.6 is 11.3 Å². The van der Waals surface area contributed by atoms with Crippen molar-refractivity contribution in [1.29, 1.82) is 0 Å². The van der Waals surface area contributed by atoms with Gasteiger partial charge >= 0.3 is 0 Å². The number of aromatic nitrogens is 2. The van der Waals surface area contributed by atoms with Gasteiger partial charge in [-0.3, -0.25) is 0 Å². The first-order valence-corrected chi connectivity index (χ1v) is 4.44. The summed E-state index contributed by atoms with van der Waals surface area (Å²) in [6, 6.07) is 4.74. The summed E-state index contributed by atoms with van der Waals surface area (Å²) in [6.45, 7) is 0. The number of hydrogen-bond donors (Lipinski definition) is 2. The topological polar surface area (TPSA) is 66.2 Å². The van der Waals surface area contributed by atoms with Gasteiger partial charge in [0, 0.05) is 0 Å². The first kappa shape index (κ1) is 8.00. The maximum absolute atomic E-state index is 9.46. The average molecular weight is 194 g/mol. The zero-order valence-corrected chi connectivity index (χ0v) is 7.32. The minimum Gasteiger partial charge on any atom is -0.504 e. The predicted molar refractivity (Wildman–Crippen MR) is 48.7 cm³/mol. The van der Waals surface area contributed by atoms with Gasteiger partial charge in [0.25, 0.3) is 0 Å². The molecule has 0 aliphatic heterocycles. The number of benzene rings is 1. The highest BCUT2D eigenvalue weighted by Crippen LogP contribution is 2.36. The van der Waals surface area contributed by atoms with E-state index >= 15 is 0 Å². The summed E-state index contributed by atoms with van der Waals surface area (Å²) in [4.78, 5) is 0. The highest BCUT2D eigenvalue weighted by Gasteiger charge is 2.09. The Bertz CT molecular complexity index is 414. The zero-order chi connectivity index (χ0) is 9.26. The van der Waals surface area contributed by atoms with Crippen molar-refractivity contribution < 1.29 is 10.2 Å². The van der Waals surface area contributed by atoms with Gasteiger partial charge in [0.05, 0.1) is 5.56 Å². The van der Waals surface area contributed by atoms with E-state index in [0.29, 0.717) is 10.6 Å². The molecule has 0 aliphatic rings. The summed E-state index contributed by atoms with van der Waals surface area (Å²) in [7, 11) is 0. The van der Waals surface area contributed by atoms with E-state index in [0.717, 1.165) is 0 Å². The van der Waals surface area contributed by atoms with Gasteiger partial charge in [0.15, 0.2) is 16.5 Å². The Morgan fingerprint density at radius 3 is 2.77 bits per heavy atom. The molecule has 0 saturated carbocycles. The lowest BCUT2D eigenvalue weighted by Crippen LogP contribution is -1.78. The molecule has 2 aromatic rings. The lowest BCUT2D eigenvalue weighted by molar-refractivity contribution is 0.405. The molecule has 0 aliphatic carbocycles. The van der Waals surface area contributed by atoms with Crippen LogP contribution in [-0.4, -0.2) is 20.4 Å². The van der Waals surface area contributed by atoms with Crippen LogP contribution in [-0.2, 0) is 0 Å². The van der Waals surface area contributed by atoms with Gasteiger partial charge in [-0.25, -0.2) is 0 Å². The van der Waals surface area contributed by atoms with Crippen LogP contribution in [0.4, 0.5) is 0 Å². The summed E-state index contributed by atoms with van der Waals surface area (Å²) < 4.78 is 0. The summed E-state index contributed by atoms with van der Waals surface area (Å²) in [6.07, 6.45) is 0. The third-order valence-corrected chi connectivity index (χ3v) is 2.33. The van der Waals surface area contributed by atoms with Crippen molar-refractivity contribution in [1.82, 2.24) is 10.2 Å². The SMILES string of the molecule is Oc1cccc(-c2nncs2)c1O. The molecule has 66 valence electrons. The number of phenolic OH excluding ortho intramolecular Hbond substituents is 2. The van der Waals surface area contributed by atoms with Crippen LogP contribution in [0.2, 0.25) is 0 Å². The average Bonchev–Trinajstić information content (AvgIpc) is 2.62. The molecule has 0 spiro atoms. The standard InChI is InChI=1S/C8H6N2O2S/c11-6-3-1-2-5(7(6)12)8-10-9-4-13-8/h1-4,11-12H. The second kappa shape index (κ2) is 3.02. The third kappa shape index (κ3) is 1.33. The van der Waals surface area contributed by atoms with E-state index in [4.69, 9.17) is 0 Å². The van der Waals surface area contributed by atoms with Crippen LogP contribution in [0, 0.1) is 0 Å². The van der Waals surface area contributed by atoms with Crippen LogP contribution in [0.3, 0.4) is 0 Å². The molecule has 5 heteroatoms. The van der Waals surface area contributed by atoms with E-state index in [1.807, 2.05) is 0 Å². The Morgan fingerprint density at radius 2 is 2.08 bits per heavy atom. The molecule has 0 fully saturated rings. The smallest absolute Gasteiger partial charge is 0.167 e. The molecule has 0 radical (unpaired) electrons. The van der Waals surface area contributed by atoms with Crippen molar-refractivity contribution in [2.75, 3.05) is 0 Å². The molecule has 2 rings (SSSR count). The fourth-order valence-electron chi connectivity index (χ4n) is 0.994. The van der Waals surface area contributed by atoms with Crippen molar-refractivity contribution in [3.05, 3.63) is 23.7 Å². The van der Waals surface area contributed by atoms with E-state index < -0.39 is 0 Å². The highest BCUT2D eigenvalue weighted by atomic mass is 32.1. The second-order valence-electron chi connectivity index (χ2n) is 2.42. The lowest BCUT2D eigenvalue weighted by Gasteiger charge is -2.00. The monoisotopic (exact) mass is 194 g/mol. The number of para-hydroxylation sites is 1. The minimum absolute atomic E-state index is 0.146. The first-order chi connectivity index (χ1) is 6.29. The highest BCUT2D eigenvalue weighted by molar-refractivity contribution is 7.12. The van der Waals surface area contributed by atoms with Gasteiger partial charge in [-0.15, -0.1) is 10.2 Å². The number of aromatic hydroxyl groups is 2. The van der Waals surface area contributed by atoms with Crippen LogP contribution in [0.15, 0.2) is 23.7 Å². The van der Waals surface area contributed by atoms with E-state index in [1.54, 1.807) is 17.6 Å². The molecular weight excluding hydrogens is 188 g/mol. The molecule has 0 saturated heterocycles. The fourth-order valence-corrected chi connectivity index (χ4v) is 1.57. The van der Waals surface area contributed by atoms with Crippen molar-refractivity contribution >= 4 is 11.3 Å². The summed E-state index contributed by atoms with van der Waals surface area (Å²) >= 11 is 1.31. The van der Waals surface area contributed by atoms with Crippen LogP contribution in [0.1, 0.15) is 0 Å². The Hall–Kier alpha value is -1.62. The first-order valence-electron chi connectivity index (χ1n) is 3.56. The molecule has 1 heterocycles. The number of rotatable bonds is 1. The van der Waals surface area contributed by atoms with Gasteiger partial charge in [-0.2, -0.15) is 0 Å². The van der Waals surface area contributed by atoms with E-state index in [2.05, 4.69) is 10.2 Å². The van der Waals surface area contributed by atoms with Crippen molar-refractivity contribution in [2.24, 2.45) is 0 Å². The third-order valence-electron chi connectivity index (χ3n) is 1.61. The number of hydrogen-bond acceptors (Lipinski definition) is 5. The molecule has 0 atom stereocenters. The van der Waals surface area contributed by atoms with Gasteiger partial charge in [-0.1, -0.05) is 17.4 Å².